The van der Waals surface area contributed by atoms with Crippen LogP contribution in [-0.2, 0) is 9.53 Å². The van der Waals surface area contributed by atoms with E-state index in [-0.39, 0.29) is 18.6 Å². The zero-order valence-electron chi connectivity index (χ0n) is 12.2. The molecule has 1 amide bonds. The molecule has 116 valence electrons. The zero-order chi connectivity index (χ0) is 15.7. The molecule has 3 rings (SSSR count). The first kappa shape index (κ1) is 14.6. The van der Waals surface area contributed by atoms with Gasteiger partial charge in [0, 0.05) is 31.4 Å². The van der Waals surface area contributed by atoms with Crippen LogP contribution < -0.4 is 5.32 Å². The van der Waals surface area contributed by atoms with Gasteiger partial charge in [0.1, 0.15) is 11.1 Å². The highest BCUT2D eigenvalue weighted by Crippen LogP contribution is 2.24. The number of carboxylic acids is 1. The molecular formula is C16H17NO5. The zero-order valence-corrected chi connectivity index (χ0v) is 12.2. The molecule has 2 aromatic rings. The van der Waals surface area contributed by atoms with Gasteiger partial charge in [-0.15, -0.1) is 0 Å². The van der Waals surface area contributed by atoms with Gasteiger partial charge in [-0.3, -0.25) is 4.79 Å². The number of carbonyl (C=O) groups excluding carboxylic acids is 1. The minimum absolute atomic E-state index is 0.118. The van der Waals surface area contributed by atoms with Crippen LogP contribution in [0.4, 0.5) is 0 Å². The first-order valence-electron chi connectivity index (χ1n) is 7.14. The number of amides is 1. The number of benzene rings is 1. The Morgan fingerprint density at radius 3 is 2.64 bits per heavy atom. The number of nitrogens with one attached hydrogen (secondary N) is 1. The van der Waals surface area contributed by atoms with Crippen molar-refractivity contribution in [3.05, 3.63) is 35.6 Å². The van der Waals surface area contributed by atoms with Crippen molar-refractivity contribution in [3.8, 4) is 0 Å². The molecule has 6 nitrogen and oxygen atoms in total. The second kappa shape index (κ2) is 5.46. The van der Waals surface area contributed by atoms with E-state index in [0.717, 1.165) is 10.9 Å². The molecule has 2 N–H and O–H groups in total. The fraction of sp³-hybridized carbons (Fsp3) is 0.375. The van der Waals surface area contributed by atoms with Crippen LogP contribution in [0.5, 0.6) is 0 Å². The minimum Gasteiger partial charge on any atom is -0.480 e. The average molecular weight is 303 g/mol. The van der Waals surface area contributed by atoms with Gasteiger partial charge in [0.2, 0.25) is 0 Å². The summed E-state index contributed by atoms with van der Waals surface area (Å²) in [6.07, 6.45) is 0.487. The highest BCUT2D eigenvalue weighted by Gasteiger charge is 2.42. The Balaban J connectivity index is 1.86. The lowest BCUT2D eigenvalue weighted by Crippen LogP contribution is -2.57. The number of aryl methyl sites for hydroxylation is 1. The van der Waals surface area contributed by atoms with Crippen molar-refractivity contribution in [1.29, 1.82) is 0 Å². The number of aliphatic carboxylic acids is 1. The van der Waals surface area contributed by atoms with Crippen LogP contribution >= 0.6 is 0 Å². The molecular weight excluding hydrogens is 286 g/mol. The molecule has 1 aliphatic rings. The second-order valence-electron chi connectivity index (χ2n) is 5.61. The Kier molecular flexibility index (Phi) is 3.62. The molecule has 1 saturated heterocycles. The van der Waals surface area contributed by atoms with Crippen LogP contribution in [0.2, 0.25) is 0 Å². The lowest BCUT2D eigenvalue weighted by Gasteiger charge is -2.33. The van der Waals surface area contributed by atoms with Crippen molar-refractivity contribution in [2.24, 2.45) is 0 Å². The minimum atomic E-state index is -1.29. The summed E-state index contributed by atoms with van der Waals surface area (Å²) in [6.45, 7) is 2.57. The second-order valence-corrected chi connectivity index (χ2v) is 5.61. The molecule has 1 aliphatic heterocycles. The van der Waals surface area contributed by atoms with Gasteiger partial charge in [-0.1, -0.05) is 11.6 Å². The fourth-order valence-corrected chi connectivity index (χ4v) is 2.67. The Morgan fingerprint density at radius 1 is 1.23 bits per heavy atom. The summed E-state index contributed by atoms with van der Waals surface area (Å²) in [5, 5.41) is 12.9. The van der Waals surface area contributed by atoms with Crippen molar-refractivity contribution >= 4 is 22.8 Å². The third-order valence-electron chi connectivity index (χ3n) is 4.00. The number of carboxylic acid groups (broad SMARTS) is 1. The lowest BCUT2D eigenvalue weighted by atomic mass is 9.90. The third-order valence-corrected chi connectivity index (χ3v) is 4.00. The van der Waals surface area contributed by atoms with Gasteiger partial charge in [0.05, 0.1) is 0 Å². The van der Waals surface area contributed by atoms with E-state index in [2.05, 4.69) is 5.32 Å². The fourth-order valence-electron chi connectivity index (χ4n) is 2.67. The molecule has 2 heterocycles. The molecule has 1 fully saturated rings. The first-order valence-corrected chi connectivity index (χ1v) is 7.14. The number of hydrogen-bond donors (Lipinski definition) is 2. The van der Waals surface area contributed by atoms with Crippen molar-refractivity contribution in [1.82, 2.24) is 5.32 Å². The van der Waals surface area contributed by atoms with E-state index in [4.69, 9.17) is 9.15 Å². The molecule has 1 aromatic heterocycles. The number of hydrogen-bond acceptors (Lipinski definition) is 4. The van der Waals surface area contributed by atoms with E-state index in [1.807, 2.05) is 19.1 Å². The van der Waals surface area contributed by atoms with Crippen molar-refractivity contribution < 1.29 is 23.8 Å². The van der Waals surface area contributed by atoms with Gasteiger partial charge in [0.15, 0.2) is 5.76 Å². The van der Waals surface area contributed by atoms with E-state index in [1.54, 1.807) is 12.1 Å². The molecule has 0 atom stereocenters. The maximum Gasteiger partial charge on any atom is 0.329 e. The predicted molar refractivity (Wildman–Crippen MR) is 78.8 cm³/mol. The van der Waals surface area contributed by atoms with Gasteiger partial charge in [0.25, 0.3) is 5.91 Å². The van der Waals surface area contributed by atoms with Crippen molar-refractivity contribution in [2.75, 3.05) is 13.2 Å². The van der Waals surface area contributed by atoms with Crippen LogP contribution in [0, 0.1) is 6.92 Å². The van der Waals surface area contributed by atoms with E-state index in [0.29, 0.717) is 18.8 Å². The summed E-state index contributed by atoms with van der Waals surface area (Å²) in [5.74, 6) is -1.44. The number of rotatable bonds is 3. The maximum absolute atomic E-state index is 12.4. The Labute approximate surface area is 127 Å². The Hall–Kier alpha value is -2.34. The molecule has 0 radical (unpaired) electrons. The molecule has 22 heavy (non-hydrogen) atoms. The average Bonchev–Trinajstić information content (AvgIpc) is 2.91. The van der Waals surface area contributed by atoms with Gasteiger partial charge in [-0.2, -0.15) is 0 Å². The molecule has 6 heteroatoms. The quantitative estimate of drug-likeness (QED) is 0.906. The molecule has 0 unspecified atom stereocenters. The van der Waals surface area contributed by atoms with E-state index in [9.17, 15) is 14.7 Å². The van der Waals surface area contributed by atoms with Crippen LogP contribution in [0.1, 0.15) is 29.0 Å². The highest BCUT2D eigenvalue weighted by molar-refractivity contribution is 5.99. The highest BCUT2D eigenvalue weighted by atomic mass is 16.5. The van der Waals surface area contributed by atoms with Gasteiger partial charge >= 0.3 is 5.97 Å². The van der Waals surface area contributed by atoms with Crippen molar-refractivity contribution in [2.45, 2.75) is 25.3 Å². The summed E-state index contributed by atoms with van der Waals surface area (Å²) in [7, 11) is 0. The molecule has 1 aromatic carbocycles. The topological polar surface area (TPSA) is 88.8 Å². The van der Waals surface area contributed by atoms with Crippen molar-refractivity contribution in [3.63, 3.8) is 0 Å². The largest absolute Gasteiger partial charge is 0.480 e. The summed E-state index contributed by atoms with van der Waals surface area (Å²) < 4.78 is 10.7. The van der Waals surface area contributed by atoms with Gasteiger partial charge in [-0.25, -0.2) is 4.79 Å². The van der Waals surface area contributed by atoms with Gasteiger partial charge in [-0.05, 0) is 25.1 Å². The van der Waals surface area contributed by atoms with E-state index >= 15 is 0 Å². The summed E-state index contributed by atoms with van der Waals surface area (Å²) in [6, 6.07) is 7.23. The molecule has 0 saturated carbocycles. The van der Waals surface area contributed by atoms with Crippen LogP contribution in [-0.4, -0.2) is 35.7 Å². The lowest BCUT2D eigenvalue weighted by molar-refractivity contribution is -0.148. The van der Waals surface area contributed by atoms with Crippen LogP contribution in [0.25, 0.3) is 11.0 Å². The predicted octanol–water partition coefficient (Wildman–Crippen LogP) is 2.10. The SMILES string of the molecule is Cc1ccc2oc(C(=O)NC3(C(=O)O)CCOCC3)cc2c1. The Bertz CT molecular complexity index is 727. The third kappa shape index (κ3) is 2.57. The first-order chi connectivity index (χ1) is 10.5. The number of furan rings is 1. The van der Waals surface area contributed by atoms with Crippen LogP contribution in [0.3, 0.4) is 0 Å². The number of fused-ring (bicyclic) bond motifs is 1. The smallest absolute Gasteiger partial charge is 0.329 e. The van der Waals surface area contributed by atoms with Gasteiger partial charge < -0.3 is 19.6 Å². The molecule has 0 aliphatic carbocycles. The standard InChI is InChI=1S/C16H17NO5/c1-10-2-3-12-11(8-10)9-13(22-12)14(18)17-16(15(19)20)4-6-21-7-5-16/h2-3,8-9H,4-7H2,1H3,(H,17,18)(H,19,20). The van der Waals surface area contributed by atoms with Crippen LogP contribution in [0.15, 0.2) is 28.7 Å². The number of carbonyl (C=O) groups is 2. The maximum atomic E-state index is 12.4. The van der Waals surface area contributed by atoms with E-state index in [1.165, 1.54) is 0 Å². The monoisotopic (exact) mass is 303 g/mol. The number of ether oxygens (including phenoxy) is 1. The summed E-state index contributed by atoms with van der Waals surface area (Å²) in [5.41, 5.74) is 0.378. The molecule has 0 spiro atoms. The normalized spacial score (nSPS) is 17.3. The molecule has 0 bridgehead atoms. The summed E-state index contributed by atoms with van der Waals surface area (Å²) >= 11 is 0. The Morgan fingerprint density at radius 2 is 1.95 bits per heavy atom. The summed E-state index contributed by atoms with van der Waals surface area (Å²) in [4.78, 5) is 23.9. The van der Waals surface area contributed by atoms with E-state index < -0.39 is 17.4 Å².